The van der Waals surface area contributed by atoms with E-state index in [2.05, 4.69) is 20.7 Å². The van der Waals surface area contributed by atoms with Gasteiger partial charge in [-0.05, 0) is 44.3 Å². The van der Waals surface area contributed by atoms with Crippen molar-refractivity contribution in [2.24, 2.45) is 4.99 Å². The molecule has 2 bridgehead atoms. The summed E-state index contributed by atoms with van der Waals surface area (Å²) in [5.41, 5.74) is 3.76. The second-order valence-corrected chi connectivity index (χ2v) is 9.41. The number of anilines is 1. The number of alkyl halides is 3. The molecule has 9 nitrogen and oxygen atoms in total. The molecular formula is C22H28F3N7O2. The van der Waals surface area contributed by atoms with Gasteiger partial charge in [-0.1, -0.05) is 6.08 Å². The molecule has 34 heavy (non-hydrogen) atoms. The molecule has 1 aromatic rings. The summed E-state index contributed by atoms with van der Waals surface area (Å²) in [6.07, 6.45) is 5.11. The fourth-order valence-electron chi connectivity index (χ4n) is 4.92. The van der Waals surface area contributed by atoms with E-state index in [0.29, 0.717) is 19.6 Å². The third-order valence-electron chi connectivity index (χ3n) is 6.65. The Hall–Kier alpha value is -3.02. The minimum atomic E-state index is -4.43. The van der Waals surface area contributed by atoms with Gasteiger partial charge in [-0.2, -0.15) is 18.3 Å². The van der Waals surface area contributed by atoms with Crippen LogP contribution in [0.15, 0.2) is 40.3 Å². The summed E-state index contributed by atoms with van der Waals surface area (Å²) < 4.78 is 44.7. The maximum Gasteiger partial charge on any atom is 0.405 e. The van der Waals surface area contributed by atoms with Gasteiger partial charge in [-0.25, -0.2) is 9.79 Å². The molecule has 4 aliphatic heterocycles. The number of nitrogens with zero attached hydrogens (tertiary/aromatic N) is 4. The van der Waals surface area contributed by atoms with E-state index >= 15 is 0 Å². The number of halogens is 3. The third-order valence-corrected chi connectivity index (χ3v) is 6.65. The lowest BCUT2D eigenvalue weighted by Gasteiger charge is -2.38. The summed E-state index contributed by atoms with van der Waals surface area (Å²) in [6.45, 7) is 3.88. The summed E-state index contributed by atoms with van der Waals surface area (Å²) >= 11 is 0. The number of nitrogens with one attached hydrogen (secondary N) is 3. The van der Waals surface area contributed by atoms with Gasteiger partial charge in [-0.15, -0.1) is 0 Å². The van der Waals surface area contributed by atoms with Gasteiger partial charge in [0.15, 0.2) is 0 Å². The van der Waals surface area contributed by atoms with Gasteiger partial charge in [0, 0.05) is 24.2 Å². The first-order chi connectivity index (χ1) is 16.1. The SMILES string of the molecule is CC1=C(C2=CC3CCC(C2)N3C(=O)NCC(F)(F)F)NC(C)(Nc2cnn(C3COC3)c2)N=C1. The van der Waals surface area contributed by atoms with Crippen molar-refractivity contribution in [3.8, 4) is 0 Å². The van der Waals surface area contributed by atoms with Crippen LogP contribution in [-0.4, -0.2) is 70.7 Å². The Morgan fingerprint density at radius 3 is 2.79 bits per heavy atom. The number of rotatable bonds is 5. The average Bonchev–Trinajstić information content (AvgIpc) is 3.27. The normalized spacial score (nSPS) is 29.0. The number of carbonyl (C=O) groups excluding carboxylic acids is 1. The maximum atomic E-state index is 12.5. The topological polar surface area (TPSA) is 95.8 Å². The maximum absolute atomic E-state index is 12.5. The highest BCUT2D eigenvalue weighted by Gasteiger charge is 2.42. The first kappa shape index (κ1) is 22.8. The summed E-state index contributed by atoms with van der Waals surface area (Å²) in [6, 6.07) is -0.779. The molecule has 12 heteroatoms. The van der Waals surface area contributed by atoms with Crippen LogP contribution >= 0.6 is 0 Å². The Morgan fingerprint density at radius 2 is 2.12 bits per heavy atom. The first-order valence-corrected chi connectivity index (χ1v) is 11.4. The highest BCUT2D eigenvalue weighted by Crippen LogP contribution is 2.38. The van der Waals surface area contributed by atoms with Crippen LogP contribution in [0, 0.1) is 0 Å². The van der Waals surface area contributed by atoms with Crippen LogP contribution in [0.2, 0.25) is 0 Å². The second-order valence-electron chi connectivity index (χ2n) is 9.41. The molecule has 184 valence electrons. The lowest BCUT2D eigenvalue weighted by atomic mass is 9.95. The number of ether oxygens (including phenoxy) is 1. The van der Waals surface area contributed by atoms with E-state index in [9.17, 15) is 18.0 Å². The van der Waals surface area contributed by atoms with Crippen LogP contribution in [0.1, 0.15) is 39.2 Å². The standard InChI is InChI=1S/C22H28F3N7O2/c1-13-7-27-21(2,29-15-8-28-31(9-15)18-10-34-11-18)30-19(13)14-5-16-3-4-17(6-14)32(16)20(33)26-12-22(23,24)25/h5,7-9,16-18,29-30H,3-4,6,10-12H2,1-2H3,(H,26,33). The predicted octanol–water partition coefficient (Wildman–Crippen LogP) is 2.92. The Balaban J connectivity index is 1.28. The Bertz CT molecular complexity index is 1060. The van der Waals surface area contributed by atoms with Gasteiger partial charge in [-0.3, -0.25) is 4.68 Å². The lowest BCUT2D eigenvalue weighted by molar-refractivity contribution is -0.123. The number of allylic oxidation sites excluding steroid dienone is 2. The summed E-state index contributed by atoms with van der Waals surface area (Å²) in [5, 5.41) is 13.3. The molecule has 0 aromatic carbocycles. The summed E-state index contributed by atoms with van der Waals surface area (Å²) in [4.78, 5) is 18.6. The van der Waals surface area contributed by atoms with E-state index in [-0.39, 0.29) is 18.1 Å². The van der Waals surface area contributed by atoms with Gasteiger partial charge in [0.1, 0.15) is 6.54 Å². The molecule has 0 saturated carbocycles. The van der Waals surface area contributed by atoms with Crippen molar-refractivity contribution in [1.82, 2.24) is 25.3 Å². The van der Waals surface area contributed by atoms with E-state index in [0.717, 1.165) is 35.4 Å². The zero-order chi connectivity index (χ0) is 24.1. The lowest BCUT2D eigenvalue weighted by Crippen LogP contribution is -2.52. The van der Waals surface area contributed by atoms with Crippen molar-refractivity contribution in [1.29, 1.82) is 0 Å². The highest BCUT2D eigenvalue weighted by atomic mass is 19.4. The zero-order valence-corrected chi connectivity index (χ0v) is 19.0. The van der Waals surface area contributed by atoms with Crippen molar-refractivity contribution in [2.45, 2.75) is 63.2 Å². The fourth-order valence-corrected chi connectivity index (χ4v) is 4.92. The molecule has 3 N–H and O–H groups in total. The van der Waals surface area contributed by atoms with E-state index in [1.807, 2.05) is 42.3 Å². The molecule has 2 amide bonds. The average molecular weight is 480 g/mol. The molecule has 2 fully saturated rings. The summed E-state index contributed by atoms with van der Waals surface area (Å²) in [7, 11) is 0. The Kier molecular flexibility index (Phi) is 5.58. The van der Waals surface area contributed by atoms with Gasteiger partial charge in [0.05, 0.1) is 37.2 Å². The van der Waals surface area contributed by atoms with Crippen molar-refractivity contribution in [2.75, 3.05) is 25.1 Å². The highest BCUT2D eigenvalue weighted by molar-refractivity contribution is 5.82. The quantitative estimate of drug-likeness (QED) is 0.604. The van der Waals surface area contributed by atoms with Crippen LogP contribution in [0.4, 0.5) is 23.7 Å². The molecule has 0 aliphatic carbocycles. The zero-order valence-electron chi connectivity index (χ0n) is 19.0. The number of fused-ring (bicyclic) bond motifs is 2. The molecule has 1 aromatic heterocycles. The van der Waals surface area contributed by atoms with Crippen LogP contribution in [-0.2, 0) is 4.74 Å². The molecule has 2 saturated heterocycles. The van der Waals surface area contributed by atoms with E-state index in [1.54, 1.807) is 11.1 Å². The molecule has 5 heterocycles. The number of carbonyl (C=O) groups is 1. The molecule has 3 unspecified atom stereocenters. The molecule has 3 atom stereocenters. The van der Waals surface area contributed by atoms with E-state index in [1.165, 1.54) is 0 Å². The van der Waals surface area contributed by atoms with Crippen LogP contribution in [0.3, 0.4) is 0 Å². The third kappa shape index (κ3) is 4.50. The van der Waals surface area contributed by atoms with Gasteiger partial charge < -0.3 is 25.6 Å². The predicted molar refractivity (Wildman–Crippen MR) is 119 cm³/mol. The smallest absolute Gasteiger partial charge is 0.377 e. The number of urea groups is 1. The Morgan fingerprint density at radius 1 is 1.32 bits per heavy atom. The van der Waals surface area contributed by atoms with Crippen molar-refractivity contribution in [3.63, 3.8) is 0 Å². The first-order valence-electron chi connectivity index (χ1n) is 11.4. The van der Waals surface area contributed by atoms with Crippen molar-refractivity contribution >= 4 is 17.9 Å². The molecular weight excluding hydrogens is 451 g/mol. The number of amides is 2. The van der Waals surface area contributed by atoms with Gasteiger partial charge in [0.25, 0.3) is 0 Å². The molecule has 5 rings (SSSR count). The van der Waals surface area contributed by atoms with Crippen LogP contribution < -0.4 is 16.0 Å². The van der Waals surface area contributed by atoms with Gasteiger partial charge >= 0.3 is 12.2 Å². The van der Waals surface area contributed by atoms with Gasteiger partial charge in [0.2, 0.25) is 5.79 Å². The number of hydrogen-bond acceptors (Lipinski definition) is 6. The molecule has 0 spiro atoms. The van der Waals surface area contributed by atoms with Crippen molar-refractivity contribution in [3.05, 3.63) is 35.3 Å². The van der Waals surface area contributed by atoms with Crippen LogP contribution in [0.25, 0.3) is 0 Å². The number of aliphatic imine (C=N–C) groups is 1. The number of hydrogen-bond donors (Lipinski definition) is 3. The summed E-state index contributed by atoms with van der Waals surface area (Å²) in [5.74, 6) is -0.806. The van der Waals surface area contributed by atoms with E-state index < -0.39 is 24.5 Å². The van der Waals surface area contributed by atoms with E-state index in [4.69, 9.17) is 4.74 Å². The molecule has 4 aliphatic rings. The second kappa shape index (κ2) is 8.33. The fraction of sp³-hybridized carbons (Fsp3) is 0.591. The largest absolute Gasteiger partial charge is 0.405 e. The minimum absolute atomic E-state index is 0.138. The van der Waals surface area contributed by atoms with Crippen molar-refractivity contribution < 1.29 is 22.7 Å². The number of aromatic nitrogens is 2. The monoisotopic (exact) mass is 479 g/mol. The minimum Gasteiger partial charge on any atom is -0.377 e. The Labute approximate surface area is 195 Å². The molecule has 0 radical (unpaired) electrons. The van der Waals surface area contributed by atoms with Crippen LogP contribution in [0.5, 0.6) is 0 Å².